The van der Waals surface area contributed by atoms with Crippen LogP contribution in [0.3, 0.4) is 0 Å². The molecule has 0 saturated heterocycles. The van der Waals surface area contributed by atoms with Gasteiger partial charge < -0.3 is 15.2 Å². The van der Waals surface area contributed by atoms with Crippen molar-refractivity contribution in [1.82, 2.24) is 5.32 Å². The van der Waals surface area contributed by atoms with E-state index in [2.05, 4.69) is 10.4 Å². The lowest BCUT2D eigenvalue weighted by molar-refractivity contribution is -0.154. The summed E-state index contributed by atoms with van der Waals surface area (Å²) in [6.45, 7) is 6.40. The maximum absolute atomic E-state index is 11.5. The minimum atomic E-state index is -0.769. The maximum Gasteiger partial charge on any atom is 0.404 e. The minimum absolute atomic E-state index is 0.196. The van der Waals surface area contributed by atoms with Crippen molar-refractivity contribution in [3.05, 3.63) is 0 Å². The van der Waals surface area contributed by atoms with Gasteiger partial charge in [-0.15, -0.1) is 0 Å². The van der Waals surface area contributed by atoms with Crippen molar-refractivity contribution in [2.45, 2.75) is 40.0 Å². The van der Waals surface area contributed by atoms with E-state index in [-0.39, 0.29) is 5.97 Å². The van der Waals surface area contributed by atoms with E-state index in [0.717, 1.165) is 6.42 Å². The summed E-state index contributed by atoms with van der Waals surface area (Å²) in [6, 6.07) is 0. The fourth-order valence-corrected chi connectivity index (χ4v) is 0.922. The van der Waals surface area contributed by atoms with Crippen LogP contribution in [0.2, 0.25) is 0 Å². The Labute approximate surface area is 97.7 Å². The van der Waals surface area contributed by atoms with Gasteiger partial charge in [-0.3, -0.25) is 4.79 Å². The van der Waals surface area contributed by atoms with Gasteiger partial charge in [0.2, 0.25) is 0 Å². The Balaban J connectivity index is 3.52. The molecule has 5 nitrogen and oxygen atoms in total. The zero-order valence-electron chi connectivity index (χ0n) is 11.2. The summed E-state index contributed by atoms with van der Waals surface area (Å²) >= 11 is 0. The number of amides is 1. The summed E-state index contributed by atoms with van der Waals surface area (Å²) < 4.78 is 11.4. The zero-order chi connectivity index (χ0) is 13.3. The number of carboxylic acid groups (broad SMARTS) is 1. The summed E-state index contributed by atoms with van der Waals surface area (Å²) in [5.41, 5.74) is -0.437. The predicted molar refractivity (Wildman–Crippen MR) is 60.3 cm³/mol. The summed E-state index contributed by atoms with van der Waals surface area (Å²) in [7, 11) is 0. The van der Waals surface area contributed by atoms with E-state index in [4.69, 9.17) is 6.17 Å². The van der Waals surface area contributed by atoms with Crippen molar-refractivity contribution in [2.75, 3.05) is 13.2 Å². The van der Waals surface area contributed by atoms with Crippen molar-refractivity contribution in [3.63, 3.8) is 0 Å². The Hall–Kier alpha value is -1.26. The molecule has 16 heavy (non-hydrogen) atoms. The van der Waals surface area contributed by atoms with Gasteiger partial charge in [-0.05, 0) is 33.1 Å². The lowest BCUT2D eigenvalue weighted by Crippen LogP contribution is -2.26. The Bertz CT molecular complexity index is 256. The van der Waals surface area contributed by atoms with Gasteiger partial charge in [-0.2, -0.15) is 0 Å². The number of unbranched alkanes of at least 4 members (excludes halogenated alkanes) is 1. The highest BCUT2D eigenvalue weighted by molar-refractivity contribution is 5.75. The molecule has 0 radical (unpaired) electrons. The topological polar surface area (TPSA) is 75.6 Å². The Morgan fingerprint density at radius 1 is 1.44 bits per heavy atom. The van der Waals surface area contributed by atoms with E-state index in [1.807, 2.05) is 20.8 Å². The molecule has 0 atom stereocenters. The van der Waals surface area contributed by atoms with Crippen LogP contribution in [0.15, 0.2) is 0 Å². The molecule has 1 amide bonds. The van der Waals surface area contributed by atoms with Crippen LogP contribution in [0, 0.1) is 5.41 Å². The van der Waals surface area contributed by atoms with Crippen LogP contribution in [-0.2, 0) is 9.53 Å². The molecule has 2 N–H and O–H groups in total. The van der Waals surface area contributed by atoms with Gasteiger partial charge in [0.15, 0.2) is 0 Å². The minimum Gasteiger partial charge on any atom is -0.465 e. The van der Waals surface area contributed by atoms with Gasteiger partial charge in [0.25, 0.3) is 1.43 Å². The van der Waals surface area contributed by atoms with E-state index < -0.39 is 11.5 Å². The highest BCUT2D eigenvalue weighted by Crippen LogP contribution is 2.21. The summed E-state index contributed by atoms with van der Waals surface area (Å²) in [6.07, 6.45) is 1.32. The Kier molecular flexibility index (Phi) is 5.67. The molecule has 0 unspecified atom stereocenters. The normalized spacial score (nSPS) is 11.6. The fourth-order valence-electron chi connectivity index (χ4n) is 0.922. The number of rotatable bonds is 7. The van der Waals surface area contributed by atoms with E-state index in [9.17, 15) is 9.59 Å². The molecule has 5 heteroatoms. The smallest absolute Gasteiger partial charge is 0.404 e. The van der Waals surface area contributed by atoms with Gasteiger partial charge in [0.05, 0.1) is 12.0 Å². The van der Waals surface area contributed by atoms with E-state index >= 15 is 0 Å². The van der Waals surface area contributed by atoms with Crippen molar-refractivity contribution in [2.24, 2.45) is 5.41 Å². The highest BCUT2D eigenvalue weighted by atomic mass is 16.5. The molecule has 0 aliphatic heterocycles. The summed E-state index contributed by atoms with van der Waals surface area (Å²) in [5.74, 6) is -0.196. The number of esters is 1. The molecule has 0 spiro atoms. The molecule has 0 aromatic heterocycles. The van der Waals surface area contributed by atoms with Crippen molar-refractivity contribution in [3.8, 4) is 0 Å². The molecular formula is C11H21NO4. The monoisotopic (exact) mass is 233 g/mol. The number of ether oxygens (including phenoxy) is 1. The largest absolute Gasteiger partial charge is 0.465 e. The predicted octanol–water partition coefficient (Wildman–Crippen LogP) is 2.01. The second kappa shape index (κ2) is 7.09. The highest BCUT2D eigenvalue weighted by Gasteiger charge is 2.26. The first-order chi connectivity index (χ1) is 7.94. The molecule has 0 aromatic carbocycles. The van der Waals surface area contributed by atoms with E-state index in [1.54, 1.807) is 0 Å². The maximum atomic E-state index is 11.5. The third-order valence-corrected chi connectivity index (χ3v) is 2.51. The van der Waals surface area contributed by atoms with E-state index in [0.29, 0.717) is 26.0 Å². The molecule has 0 rings (SSSR count). The molecule has 0 saturated carbocycles. The first kappa shape index (κ1) is 12.8. The summed E-state index contributed by atoms with van der Waals surface area (Å²) in [5, 5.41) is 6.04. The van der Waals surface area contributed by atoms with Crippen LogP contribution in [0.1, 0.15) is 40.0 Å². The van der Waals surface area contributed by atoms with Crippen LogP contribution in [0.25, 0.3) is 1.43 Å². The first-order valence-corrected chi connectivity index (χ1v) is 5.52. The standard InChI is InChI=1S/C11H21NO4/c1-4-11(2,3)9(13)16-8-6-5-7-12-10(14)15/h12H,4-8H2,1-3H3,(H,14,15)/i/hT. The fraction of sp³-hybridized carbons (Fsp3) is 0.818. The second-order valence-corrected chi connectivity index (χ2v) is 4.29. The lowest BCUT2D eigenvalue weighted by Gasteiger charge is -2.20. The molecule has 0 heterocycles. The van der Waals surface area contributed by atoms with Gasteiger partial charge >= 0.3 is 12.1 Å². The van der Waals surface area contributed by atoms with Crippen LogP contribution >= 0.6 is 0 Å². The van der Waals surface area contributed by atoms with E-state index in [1.165, 1.54) is 0 Å². The Morgan fingerprint density at radius 2 is 2.12 bits per heavy atom. The number of hydrogen-bond donors (Lipinski definition) is 2. The molecule has 0 bridgehead atoms. The van der Waals surface area contributed by atoms with Crippen LogP contribution in [0.4, 0.5) is 4.79 Å². The van der Waals surface area contributed by atoms with Crippen molar-refractivity contribution >= 4 is 12.1 Å². The molecular weight excluding hydrogens is 210 g/mol. The van der Waals surface area contributed by atoms with Gasteiger partial charge in [0, 0.05) is 6.54 Å². The average molecular weight is 233 g/mol. The van der Waals surface area contributed by atoms with Gasteiger partial charge in [-0.1, -0.05) is 6.92 Å². The van der Waals surface area contributed by atoms with Crippen LogP contribution < -0.4 is 5.32 Å². The molecule has 0 fully saturated rings. The first-order valence-electron chi connectivity index (χ1n) is 5.93. The quantitative estimate of drug-likeness (QED) is 0.521. The molecule has 0 aliphatic rings. The zero-order valence-corrected chi connectivity index (χ0v) is 10.2. The molecule has 94 valence electrons. The van der Waals surface area contributed by atoms with Crippen LogP contribution in [0.5, 0.6) is 0 Å². The Morgan fingerprint density at radius 3 is 2.69 bits per heavy atom. The average Bonchev–Trinajstić information content (AvgIpc) is 2.32. The van der Waals surface area contributed by atoms with Gasteiger partial charge in [-0.25, -0.2) is 4.79 Å². The third kappa shape index (κ3) is 6.27. The molecule has 0 aromatic rings. The number of carbonyl (C=O) groups excluding carboxylic acids is 1. The SMILES string of the molecule is [3H]OC(=O)NCCCCOC(=O)C(C)(C)CC. The third-order valence-electron chi connectivity index (χ3n) is 2.51. The van der Waals surface area contributed by atoms with Crippen molar-refractivity contribution in [1.29, 1.82) is 1.43 Å². The summed E-state index contributed by atoms with van der Waals surface area (Å²) in [4.78, 5) is 22.1. The molecule has 0 aliphatic carbocycles. The number of hydrogen-bond acceptors (Lipinski definition) is 4. The number of nitrogens with one attached hydrogen (secondary N) is 1. The van der Waals surface area contributed by atoms with Crippen LogP contribution in [-0.4, -0.2) is 30.3 Å². The lowest BCUT2D eigenvalue weighted by atomic mass is 9.91. The van der Waals surface area contributed by atoms with Gasteiger partial charge in [0.1, 0.15) is 0 Å². The van der Waals surface area contributed by atoms with Crippen molar-refractivity contribution < 1.29 is 19.4 Å². The second-order valence-electron chi connectivity index (χ2n) is 4.29. The number of carbonyl (C=O) groups is 2.